The second-order valence-electron chi connectivity index (χ2n) is 15.5. The minimum Gasteiger partial charge on any atom is -0.310 e. The lowest BCUT2D eigenvalue weighted by atomic mass is 9.81. The second-order valence-corrected chi connectivity index (χ2v) is 15.5. The summed E-state index contributed by atoms with van der Waals surface area (Å²) in [5, 5.41) is 12.6. The van der Waals surface area contributed by atoms with Crippen LogP contribution in [0.5, 0.6) is 0 Å². The molecule has 1 aliphatic rings. The molecule has 0 heterocycles. The molecule has 0 saturated carbocycles. The summed E-state index contributed by atoms with van der Waals surface area (Å²) in [6.45, 7) is 4.78. The van der Waals surface area contributed by atoms with E-state index < -0.39 is 0 Å². The molecule has 0 aliphatic heterocycles. The molecule has 10 aromatic rings. The number of fused-ring (bicyclic) bond motifs is 8. The molecule has 11 rings (SSSR count). The summed E-state index contributed by atoms with van der Waals surface area (Å²) in [4.78, 5) is 2.41. The lowest BCUT2D eigenvalue weighted by Crippen LogP contribution is -2.15. The first kappa shape index (κ1) is 30.9. The van der Waals surface area contributed by atoms with Gasteiger partial charge in [-0.05, 0) is 160 Å². The van der Waals surface area contributed by atoms with Crippen LogP contribution in [-0.4, -0.2) is 0 Å². The van der Waals surface area contributed by atoms with Gasteiger partial charge in [-0.1, -0.05) is 129 Å². The summed E-state index contributed by atoms with van der Waals surface area (Å²) in [6.07, 6.45) is 0. The van der Waals surface area contributed by atoms with E-state index >= 15 is 0 Å². The van der Waals surface area contributed by atoms with E-state index in [2.05, 4.69) is 207 Å². The maximum atomic E-state index is 2.46. The molecule has 10 aromatic carbocycles. The summed E-state index contributed by atoms with van der Waals surface area (Å²) >= 11 is 0. The fourth-order valence-corrected chi connectivity index (χ4v) is 8.97. The smallest absolute Gasteiger partial charge is 0.0468 e. The minimum absolute atomic E-state index is 0.140. The van der Waals surface area contributed by atoms with Gasteiger partial charge in [0.2, 0.25) is 0 Å². The van der Waals surface area contributed by atoms with Crippen molar-refractivity contribution in [1.29, 1.82) is 0 Å². The van der Waals surface area contributed by atoms with Crippen molar-refractivity contribution >= 4 is 70.9 Å². The molecule has 0 atom stereocenters. The van der Waals surface area contributed by atoms with E-state index in [0.29, 0.717) is 0 Å². The minimum atomic E-state index is -0.140. The molecule has 0 amide bonds. The normalized spacial score (nSPS) is 13.1. The van der Waals surface area contributed by atoms with Crippen molar-refractivity contribution in [3.63, 3.8) is 0 Å². The van der Waals surface area contributed by atoms with Crippen LogP contribution in [0.1, 0.15) is 25.0 Å². The third-order valence-corrected chi connectivity index (χ3v) is 11.9. The lowest BCUT2D eigenvalue weighted by molar-refractivity contribution is 0.662. The summed E-state index contributed by atoms with van der Waals surface area (Å²) in [5.41, 5.74) is 11.3. The van der Waals surface area contributed by atoms with Crippen molar-refractivity contribution in [2.45, 2.75) is 19.3 Å². The molecule has 254 valence electrons. The van der Waals surface area contributed by atoms with Gasteiger partial charge in [0.1, 0.15) is 0 Å². The molecule has 0 N–H and O–H groups in total. The molecule has 0 spiro atoms. The summed E-state index contributed by atoms with van der Waals surface area (Å²) in [5.74, 6) is 0. The first-order chi connectivity index (χ1) is 26.5. The van der Waals surface area contributed by atoms with Gasteiger partial charge in [-0.15, -0.1) is 0 Å². The molecule has 0 fully saturated rings. The second kappa shape index (κ2) is 11.7. The molecular weight excluding hydrogens is 651 g/mol. The van der Waals surface area contributed by atoms with Crippen LogP contribution in [0.25, 0.3) is 76.1 Å². The fraction of sp³-hybridized carbons (Fsp3) is 0.0566. The van der Waals surface area contributed by atoms with Crippen LogP contribution in [0.3, 0.4) is 0 Å². The Balaban J connectivity index is 1.03. The van der Waals surface area contributed by atoms with Crippen LogP contribution >= 0.6 is 0 Å². The zero-order valence-corrected chi connectivity index (χ0v) is 30.3. The predicted octanol–water partition coefficient (Wildman–Crippen LogP) is 14.9. The first-order valence-electron chi connectivity index (χ1n) is 18.9. The highest BCUT2D eigenvalue weighted by atomic mass is 15.1. The third-order valence-electron chi connectivity index (χ3n) is 11.9. The van der Waals surface area contributed by atoms with Gasteiger partial charge in [0.25, 0.3) is 0 Å². The fourth-order valence-electron chi connectivity index (χ4n) is 8.97. The molecule has 0 saturated heterocycles. The standard InChI is InChI=1S/C53H37N/c1-53(2)51-32-44-26-41(40-16-15-34-9-3-6-12-37(34)25-40)17-18-42(44)30-49(51)50-31-43-21-24-48(29-45(43)33-52(50)53)54(46-22-19-35-10-4-7-13-38(35)27-46)47-23-20-36-11-5-8-14-39(36)28-47/h3-33H,1-2H3. The molecule has 0 aromatic heterocycles. The highest BCUT2D eigenvalue weighted by Crippen LogP contribution is 2.52. The quantitative estimate of drug-likeness (QED) is 0.178. The Kier molecular flexibility index (Phi) is 6.66. The van der Waals surface area contributed by atoms with Crippen molar-refractivity contribution in [3.8, 4) is 22.3 Å². The molecule has 0 unspecified atom stereocenters. The number of hydrogen-bond acceptors (Lipinski definition) is 1. The molecular formula is C53H37N. The van der Waals surface area contributed by atoms with Gasteiger partial charge >= 0.3 is 0 Å². The van der Waals surface area contributed by atoms with Crippen molar-refractivity contribution in [3.05, 3.63) is 199 Å². The Morgan fingerprint density at radius 2 is 0.630 bits per heavy atom. The van der Waals surface area contributed by atoms with E-state index in [4.69, 9.17) is 0 Å². The van der Waals surface area contributed by atoms with Crippen LogP contribution in [0.15, 0.2) is 188 Å². The molecule has 1 aliphatic carbocycles. The van der Waals surface area contributed by atoms with Crippen LogP contribution in [0, 0.1) is 0 Å². The van der Waals surface area contributed by atoms with E-state index in [1.54, 1.807) is 0 Å². The van der Waals surface area contributed by atoms with Crippen molar-refractivity contribution in [2.75, 3.05) is 4.90 Å². The number of anilines is 3. The average Bonchev–Trinajstić information content (AvgIpc) is 3.42. The van der Waals surface area contributed by atoms with E-state index in [1.165, 1.54) is 87.2 Å². The number of nitrogens with zero attached hydrogens (tertiary/aromatic N) is 1. The van der Waals surface area contributed by atoms with E-state index in [1.807, 2.05) is 0 Å². The summed E-state index contributed by atoms with van der Waals surface area (Å²) in [6, 6.07) is 69.9. The molecule has 1 nitrogen and oxygen atoms in total. The number of rotatable bonds is 4. The molecule has 0 radical (unpaired) electrons. The van der Waals surface area contributed by atoms with Gasteiger partial charge in [0, 0.05) is 22.5 Å². The van der Waals surface area contributed by atoms with Gasteiger partial charge in [-0.3, -0.25) is 0 Å². The monoisotopic (exact) mass is 687 g/mol. The van der Waals surface area contributed by atoms with Gasteiger partial charge in [-0.25, -0.2) is 0 Å². The maximum Gasteiger partial charge on any atom is 0.0468 e. The zero-order valence-electron chi connectivity index (χ0n) is 30.3. The molecule has 1 heteroatoms. The van der Waals surface area contributed by atoms with Gasteiger partial charge < -0.3 is 4.90 Å². The Morgan fingerprint density at radius 1 is 0.296 bits per heavy atom. The van der Waals surface area contributed by atoms with E-state index in [-0.39, 0.29) is 5.41 Å². The first-order valence-corrected chi connectivity index (χ1v) is 18.9. The van der Waals surface area contributed by atoms with Crippen molar-refractivity contribution in [2.24, 2.45) is 0 Å². The van der Waals surface area contributed by atoms with E-state index in [9.17, 15) is 0 Å². The topological polar surface area (TPSA) is 3.24 Å². The average molecular weight is 688 g/mol. The van der Waals surface area contributed by atoms with Crippen LogP contribution in [-0.2, 0) is 5.41 Å². The van der Waals surface area contributed by atoms with Crippen LogP contribution in [0.4, 0.5) is 17.1 Å². The van der Waals surface area contributed by atoms with Crippen molar-refractivity contribution in [1.82, 2.24) is 0 Å². The maximum absolute atomic E-state index is 2.46. The highest BCUT2D eigenvalue weighted by molar-refractivity contribution is 6.01. The molecule has 54 heavy (non-hydrogen) atoms. The number of hydrogen-bond donors (Lipinski definition) is 0. The predicted molar refractivity (Wildman–Crippen MR) is 232 cm³/mol. The Bertz CT molecular complexity index is 3070. The number of benzene rings is 10. The van der Waals surface area contributed by atoms with Gasteiger partial charge in [0.05, 0.1) is 0 Å². The van der Waals surface area contributed by atoms with Gasteiger partial charge in [0.15, 0.2) is 0 Å². The van der Waals surface area contributed by atoms with E-state index in [0.717, 1.165) is 17.1 Å². The summed E-state index contributed by atoms with van der Waals surface area (Å²) < 4.78 is 0. The summed E-state index contributed by atoms with van der Waals surface area (Å²) in [7, 11) is 0. The SMILES string of the molecule is CC1(C)c2cc3cc(-c4ccc5ccccc5c4)ccc3cc2-c2cc3ccc(N(c4ccc5ccccc5c4)c4ccc5ccccc5c4)cc3cc21. The van der Waals surface area contributed by atoms with Crippen molar-refractivity contribution < 1.29 is 0 Å². The Hall–Kier alpha value is -6.70. The Labute approximate surface area is 315 Å². The highest BCUT2D eigenvalue weighted by Gasteiger charge is 2.36. The zero-order chi connectivity index (χ0) is 36.0. The lowest BCUT2D eigenvalue weighted by Gasteiger charge is -2.27. The largest absolute Gasteiger partial charge is 0.310 e. The van der Waals surface area contributed by atoms with Crippen LogP contribution in [0.2, 0.25) is 0 Å². The van der Waals surface area contributed by atoms with Crippen LogP contribution < -0.4 is 4.90 Å². The van der Waals surface area contributed by atoms with Gasteiger partial charge in [-0.2, -0.15) is 0 Å². The molecule has 0 bridgehead atoms. The Morgan fingerprint density at radius 3 is 1.13 bits per heavy atom. The third kappa shape index (κ3) is 4.86.